The van der Waals surface area contributed by atoms with Gasteiger partial charge in [-0.3, -0.25) is 4.79 Å². The molecule has 4 aromatic heterocycles. The highest BCUT2D eigenvalue weighted by atomic mass is 16.5. The molecular formula is C18H19N7O3. The Morgan fingerprint density at radius 2 is 1.86 bits per heavy atom. The third kappa shape index (κ3) is 2.41. The molecule has 0 amide bonds. The van der Waals surface area contributed by atoms with Crippen LogP contribution in [-0.2, 0) is 17.6 Å². The van der Waals surface area contributed by atoms with E-state index in [2.05, 4.69) is 20.3 Å². The average Bonchev–Trinajstić information content (AvgIpc) is 3.27. The van der Waals surface area contributed by atoms with Crippen molar-refractivity contribution in [3.8, 4) is 0 Å². The fourth-order valence-electron chi connectivity index (χ4n) is 3.30. The number of hydrogen-bond donors (Lipinski definition) is 0. The Hall–Kier alpha value is -3.56. The summed E-state index contributed by atoms with van der Waals surface area (Å²) in [4.78, 5) is 29.6. The molecule has 0 atom stereocenters. The minimum absolute atomic E-state index is 0.274. The lowest BCUT2D eigenvalue weighted by molar-refractivity contribution is 0.0602. The van der Waals surface area contributed by atoms with Gasteiger partial charge in [0, 0.05) is 25.2 Å². The van der Waals surface area contributed by atoms with Gasteiger partial charge in [0.2, 0.25) is 0 Å². The van der Waals surface area contributed by atoms with E-state index in [9.17, 15) is 9.59 Å². The van der Waals surface area contributed by atoms with E-state index in [1.54, 1.807) is 23.9 Å². The zero-order chi connectivity index (χ0) is 20.0. The fourth-order valence-corrected chi connectivity index (χ4v) is 3.30. The molecule has 0 aliphatic carbocycles. The summed E-state index contributed by atoms with van der Waals surface area (Å²) in [5.74, 6) is 0.864. The molecule has 10 nitrogen and oxygen atoms in total. The topological polar surface area (TPSA) is 109 Å². The molecular weight excluding hydrogens is 362 g/mol. The predicted octanol–water partition coefficient (Wildman–Crippen LogP) is 1.17. The van der Waals surface area contributed by atoms with Gasteiger partial charge in [-0.15, -0.1) is 10.2 Å². The van der Waals surface area contributed by atoms with E-state index >= 15 is 0 Å². The maximum atomic E-state index is 13.2. The highest BCUT2D eigenvalue weighted by molar-refractivity contribution is 5.98. The zero-order valence-corrected chi connectivity index (χ0v) is 16.0. The van der Waals surface area contributed by atoms with Crippen molar-refractivity contribution < 1.29 is 9.53 Å². The quantitative estimate of drug-likeness (QED) is 0.488. The summed E-state index contributed by atoms with van der Waals surface area (Å²) in [5, 5.41) is 13.1. The highest BCUT2D eigenvalue weighted by Gasteiger charge is 2.21. The second-order valence-corrected chi connectivity index (χ2v) is 6.26. The number of methoxy groups -OCH3 is 1. The summed E-state index contributed by atoms with van der Waals surface area (Å²) in [6, 6.07) is 1.76. The van der Waals surface area contributed by atoms with Crippen LogP contribution in [0.1, 0.15) is 41.5 Å². The summed E-state index contributed by atoms with van der Waals surface area (Å²) in [6.07, 6.45) is 4.38. The molecule has 144 valence electrons. The third-order valence-corrected chi connectivity index (χ3v) is 4.68. The number of carbonyl (C=O) groups excluding carboxylic acids is 1. The maximum Gasteiger partial charge on any atom is 0.343 e. The molecule has 0 aliphatic rings. The number of esters is 1. The highest BCUT2D eigenvalue weighted by Crippen LogP contribution is 2.19. The van der Waals surface area contributed by atoms with E-state index in [-0.39, 0.29) is 11.1 Å². The fraction of sp³-hybridized carbons (Fsp3) is 0.333. The Morgan fingerprint density at radius 3 is 2.46 bits per heavy atom. The number of aryl methyl sites for hydroxylation is 3. The zero-order valence-electron chi connectivity index (χ0n) is 16.0. The van der Waals surface area contributed by atoms with Crippen molar-refractivity contribution in [1.82, 2.24) is 34.1 Å². The molecule has 0 aromatic carbocycles. The van der Waals surface area contributed by atoms with E-state index in [0.717, 1.165) is 0 Å². The van der Waals surface area contributed by atoms with Crippen LogP contribution in [0.25, 0.3) is 16.6 Å². The van der Waals surface area contributed by atoms with Gasteiger partial charge in [0.15, 0.2) is 17.3 Å². The summed E-state index contributed by atoms with van der Waals surface area (Å²) < 4.78 is 9.52. The number of aromatic nitrogens is 7. The minimum atomic E-state index is -0.516. The van der Waals surface area contributed by atoms with E-state index in [1.165, 1.54) is 22.5 Å². The molecule has 0 spiro atoms. The summed E-state index contributed by atoms with van der Waals surface area (Å²) in [7, 11) is 1.31. The van der Waals surface area contributed by atoms with E-state index in [0.29, 0.717) is 46.7 Å². The molecule has 0 bridgehead atoms. The van der Waals surface area contributed by atoms with Gasteiger partial charge in [-0.1, -0.05) is 13.8 Å². The van der Waals surface area contributed by atoms with E-state index in [4.69, 9.17) is 4.74 Å². The van der Waals surface area contributed by atoms with Gasteiger partial charge in [0.25, 0.3) is 5.56 Å². The Kier molecular flexibility index (Phi) is 4.17. The number of fused-ring (bicyclic) bond motifs is 3. The van der Waals surface area contributed by atoms with Gasteiger partial charge in [-0.2, -0.15) is 5.10 Å². The first-order valence-electron chi connectivity index (χ1n) is 8.93. The van der Waals surface area contributed by atoms with Gasteiger partial charge in [0.05, 0.1) is 23.7 Å². The molecule has 0 unspecified atom stereocenters. The van der Waals surface area contributed by atoms with Crippen LogP contribution in [0.5, 0.6) is 0 Å². The van der Waals surface area contributed by atoms with Gasteiger partial charge >= 0.3 is 5.97 Å². The third-order valence-electron chi connectivity index (χ3n) is 4.68. The van der Waals surface area contributed by atoms with Crippen LogP contribution in [0.15, 0.2) is 23.3 Å². The lowest BCUT2D eigenvalue weighted by Gasteiger charge is -2.12. The van der Waals surface area contributed by atoms with Crippen LogP contribution >= 0.6 is 0 Å². The molecule has 0 saturated carbocycles. The summed E-state index contributed by atoms with van der Waals surface area (Å²) >= 11 is 0. The standard InChI is InChI=1S/C18H19N7O3/c1-5-13-20-21-14(6-2)25(13)23-8-7-12-11(17(23)26)9-19-16-15(18(27)28-4)10(3)22-24(12)16/h7-9H,5-6H2,1-4H3. The molecule has 0 radical (unpaired) electrons. The Labute approximate surface area is 159 Å². The van der Waals surface area contributed by atoms with Crippen molar-refractivity contribution in [2.24, 2.45) is 0 Å². The summed E-state index contributed by atoms with van der Waals surface area (Å²) in [6.45, 7) is 5.61. The van der Waals surface area contributed by atoms with E-state index in [1.807, 2.05) is 13.8 Å². The first-order chi connectivity index (χ1) is 13.5. The second-order valence-electron chi connectivity index (χ2n) is 6.26. The monoisotopic (exact) mass is 381 g/mol. The van der Waals surface area contributed by atoms with Gasteiger partial charge in [0.1, 0.15) is 5.56 Å². The van der Waals surface area contributed by atoms with Crippen LogP contribution in [-0.4, -0.2) is 47.2 Å². The molecule has 10 heteroatoms. The van der Waals surface area contributed by atoms with Crippen LogP contribution in [0.2, 0.25) is 0 Å². The molecule has 0 N–H and O–H groups in total. The predicted molar refractivity (Wildman–Crippen MR) is 100 cm³/mol. The number of hydrogen-bond acceptors (Lipinski definition) is 7. The Balaban J connectivity index is 2.02. The minimum Gasteiger partial charge on any atom is -0.465 e. The first kappa shape index (κ1) is 17.8. The van der Waals surface area contributed by atoms with Crippen LogP contribution in [0, 0.1) is 6.92 Å². The van der Waals surface area contributed by atoms with Crippen LogP contribution < -0.4 is 5.56 Å². The van der Waals surface area contributed by atoms with Gasteiger partial charge < -0.3 is 4.74 Å². The van der Waals surface area contributed by atoms with Crippen molar-refractivity contribution in [3.05, 3.63) is 51.7 Å². The second kappa shape index (κ2) is 6.55. The van der Waals surface area contributed by atoms with Gasteiger partial charge in [-0.25, -0.2) is 23.6 Å². The SMILES string of the molecule is CCc1nnc(CC)n1-n1ccc2c(cnc3c(C(=O)OC)c(C)nn32)c1=O. The van der Waals surface area contributed by atoms with Crippen molar-refractivity contribution >= 4 is 22.5 Å². The number of pyridine rings is 1. The number of ether oxygens (including phenoxy) is 1. The molecule has 4 rings (SSSR count). The summed E-state index contributed by atoms with van der Waals surface area (Å²) in [5.41, 5.74) is 1.39. The first-order valence-corrected chi connectivity index (χ1v) is 8.93. The number of nitrogens with zero attached hydrogens (tertiary/aromatic N) is 7. The molecule has 4 aromatic rings. The number of carbonyl (C=O) groups is 1. The Morgan fingerprint density at radius 1 is 1.18 bits per heavy atom. The molecule has 0 aliphatic heterocycles. The van der Waals surface area contributed by atoms with Crippen molar-refractivity contribution in [3.63, 3.8) is 0 Å². The van der Waals surface area contributed by atoms with Crippen LogP contribution in [0.3, 0.4) is 0 Å². The normalized spacial score (nSPS) is 11.4. The number of rotatable bonds is 4. The molecule has 28 heavy (non-hydrogen) atoms. The smallest absolute Gasteiger partial charge is 0.343 e. The molecule has 0 saturated heterocycles. The lowest BCUT2D eigenvalue weighted by Crippen LogP contribution is -2.29. The molecule has 0 fully saturated rings. The Bertz CT molecular complexity index is 1260. The maximum absolute atomic E-state index is 13.2. The molecule has 4 heterocycles. The van der Waals surface area contributed by atoms with E-state index < -0.39 is 5.97 Å². The average molecular weight is 381 g/mol. The van der Waals surface area contributed by atoms with Crippen LogP contribution in [0.4, 0.5) is 0 Å². The van der Waals surface area contributed by atoms with Gasteiger partial charge in [-0.05, 0) is 13.0 Å². The largest absolute Gasteiger partial charge is 0.465 e. The van der Waals surface area contributed by atoms with Crippen molar-refractivity contribution in [2.75, 3.05) is 7.11 Å². The lowest BCUT2D eigenvalue weighted by atomic mass is 10.2. The van der Waals surface area contributed by atoms with Crippen molar-refractivity contribution in [2.45, 2.75) is 33.6 Å². The van der Waals surface area contributed by atoms with Crippen molar-refractivity contribution in [1.29, 1.82) is 0 Å².